The highest BCUT2D eigenvalue weighted by Crippen LogP contribution is 2.20. The molecule has 34 heavy (non-hydrogen) atoms. The quantitative estimate of drug-likeness (QED) is 0.348. The van der Waals surface area contributed by atoms with E-state index in [1.165, 1.54) is 12.1 Å². The lowest BCUT2D eigenvalue weighted by Gasteiger charge is -2.10. The molecule has 0 aliphatic carbocycles. The molecule has 0 aliphatic rings. The average Bonchev–Trinajstić information content (AvgIpc) is 2.80. The van der Waals surface area contributed by atoms with Crippen LogP contribution < -0.4 is 4.72 Å². The average molecular weight is 504 g/mol. The Balaban J connectivity index is 1.58. The van der Waals surface area contributed by atoms with Crippen molar-refractivity contribution in [1.29, 1.82) is 0 Å². The van der Waals surface area contributed by atoms with Gasteiger partial charge in [0.05, 0.1) is 15.5 Å². The van der Waals surface area contributed by atoms with Gasteiger partial charge in [-0.05, 0) is 79.4 Å². The molecule has 9 heteroatoms. The molecule has 0 aliphatic heterocycles. The summed E-state index contributed by atoms with van der Waals surface area (Å²) >= 11 is 5.65. The van der Waals surface area contributed by atoms with Crippen molar-refractivity contribution in [3.05, 3.63) is 98.8 Å². The predicted octanol–water partition coefficient (Wildman–Crippen LogP) is 4.92. The molecule has 0 heterocycles. The maximum absolute atomic E-state index is 13.3. The number of ether oxygens (including phenoxy) is 1. The van der Waals surface area contributed by atoms with Gasteiger partial charge in [0.15, 0.2) is 6.61 Å². The summed E-state index contributed by atoms with van der Waals surface area (Å²) in [5.41, 5.74) is 4.19. The fourth-order valence-electron chi connectivity index (χ4n) is 3.22. The van der Waals surface area contributed by atoms with E-state index in [1.807, 2.05) is 26.8 Å². The van der Waals surface area contributed by atoms with E-state index in [4.69, 9.17) is 16.3 Å². The van der Waals surface area contributed by atoms with E-state index < -0.39 is 21.8 Å². The molecule has 0 radical (unpaired) electrons. The summed E-state index contributed by atoms with van der Waals surface area (Å²) in [4.78, 5) is 24.6. The molecule has 1 N–H and O–H groups in total. The second kappa shape index (κ2) is 10.5. The first kappa shape index (κ1) is 25.6. The van der Waals surface area contributed by atoms with Gasteiger partial charge in [-0.25, -0.2) is 22.3 Å². The number of benzene rings is 3. The Morgan fingerprint density at radius 2 is 1.59 bits per heavy atom. The molecule has 6 nitrogen and oxygen atoms in total. The number of halogens is 2. The van der Waals surface area contributed by atoms with Crippen LogP contribution in [0.5, 0.6) is 0 Å². The summed E-state index contributed by atoms with van der Waals surface area (Å²) in [7, 11) is -3.91. The minimum atomic E-state index is -3.91. The van der Waals surface area contributed by atoms with Crippen molar-refractivity contribution in [3.8, 4) is 0 Å². The van der Waals surface area contributed by atoms with Gasteiger partial charge in [-0.15, -0.1) is 0 Å². The summed E-state index contributed by atoms with van der Waals surface area (Å²) in [5.74, 6) is -1.67. The molecule has 3 rings (SSSR count). The third-order valence-corrected chi connectivity index (χ3v) is 7.02. The van der Waals surface area contributed by atoms with Crippen LogP contribution in [-0.4, -0.2) is 26.8 Å². The predicted molar refractivity (Wildman–Crippen MR) is 127 cm³/mol. The van der Waals surface area contributed by atoms with Gasteiger partial charge in [0.25, 0.3) is 0 Å². The van der Waals surface area contributed by atoms with Crippen molar-refractivity contribution in [3.63, 3.8) is 0 Å². The van der Waals surface area contributed by atoms with Crippen molar-refractivity contribution in [1.82, 2.24) is 4.72 Å². The molecule has 0 spiro atoms. The second-order valence-electron chi connectivity index (χ2n) is 7.85. The van der Waals surface area contributed by atoms with E-state index in [1.54, 1.807) is 18.2 Å². The lowest BCUT2D eigenvalue weighted by atomic mass is 9.98. The van der Waals surface area contributed by atoms with E-state index in [0.29, 0.717) is 11.1 Å². The number of carbonyl (C=O) groups is 2. The van der Waals surface area contributed by atoms with E-state index in [0.717, 1.165) is 34.9 Å². The van der Waals surface area contributed by atoms with Crippen molar-refractivity contribution < 1.29 is 27.1 Å². The SMILES string of the molecule is Cc1cc(C)c(C(=O)COC(=O)c2ccc(CNS(=O)(=O)c3ccc(F)c(Cl)c3)cc2)cc1C. The lowest BCUT2D eigenvalue weighted by Crippen LogP contribution is -2.23. The molecule has 0 amide bonds. The number of nitrogens with one attached hydrogen (secondary N) is 1. The highest BCUT2D eigenvalue weighted by atomic mass is 35.5. The number of sulfonamides is 1. The summed E-state index contributed by atoms with van der Waals surface area (Å²) in [5, 5.41) is -0.295. The maximum atomic E-state index is 13.3. The number of esters is 1. The van der Waals surface area contributed by atoms with Crippen LogP contribution in [0.1, 0.15) is 43.0 Å². The van der Waals surface area contributed by atoms with E-state index in [9.17, 15) is 22.4 Å². The first-order valence-corrected chi connectivity index (χ1v) is 12.2. The molecule has 178 valence electrons. The minimum Gasteiger partial charge on any atom is -0.454 e. The van der Waals surface area contributed by atoms with Gasteiger partial charge >= 0.3 is 5.97 Å². The molecule has 0 atom stereocenters. The van der Waals surface area contributed by atoms with E-state index in [2.05, 4.69) is 4.72 Å². The van der Waals surface area contributed by atoms with Crippen LogP contribution in [0.15, 0.2) is 59.5 Å². The molecule has 0 bridgehead atoms. The zero-order valence-electron chi connectivity index (χ0n) is 18.8. The molecule has 0 saturated heterocycles. The van der Waals surface area contributed by atoms with Gasteiger partial charge in [-0.1, -0.05) is 29.8 Å². The molecule has 0 saturated carbocycles. The normalized spacial score (nSPS) is 11.3. The van der Waals surface area contributed by atoms with Gasteiger partial charge in [0.2, 0.25) is 15.8 Å². The fraction of sp³-hybridized carbons (Fsp3) is 0.200. The maximum Gasteiger partial charge on any atom is 0.338 e. The Morgan fingerprint density at radius 3 is 2.24 bits per heavy atom. The summed E-state index contributed by atoms with van der Waals surface area (Å²) in [6.45, 7) is 5.26. The first-order chi connectivity index (χ1) is 16.0. The van der Waals surface area contributed by atoms with Gasteiger partial charge in [-0.3, -0.25) is 4.79 Å². The van der Waals surface area contributed by atoms with Crippen LogP contribution in [-0.2, 0) is 21.3 Å². The van der Waals surface area contributed by atoms with Crippen LogP contribution in [0.4, 0.5) is 4.39 Å². The van der Waals surface area contributed by atoms with E-state index >= 15 is 0 Å². The third-order valence-electron chi connectivity index (χ3n) is 5.33. The highest BCUT2D eigenvalue weighted by molar-refractivity contribution is 7.89. The Morgan fingerprint density at radius 1 is 0.941 bits per heavy atom. The summed E-state index contributed by atoms with van der Waals surface area (Å²) in [6.07, 6.45) is 0. The Hall–Kier alpha value is -3.07. The zero-order valence-corrected chi connectivity index (χ0v) is 20.4. The third kappa shape index (κ3) is 6.08. The molecule has 3 aromatic rings. The summed E-state index contributed by atoms with van der Waals surface area (Å²) < 4.78 is 45.6. The number of aryl methyl sites for hydroxylation is 3. The fourth-order valence-corrected chi connectivity index (χ4v) is 4.51. The smallest absolute Gasteiger partial charge is 0.338 e. The summed E-state index contributed by atoms with van der Waals surface area (Å²) in [6, 6.07) is 12.9. The number of ketones is 1. The molecular weight excluding hydrogens is 481 g/mol. The van der Waals surface area contributed by atoms with Crippen LogP contribution in [0.3, 0.4) is 0 Å². The molecular formula is C25H23ClFNO5S. The van der Waals surface area contributed by atoms with Gasteiger partial charge in [0.1, 0.15) is 5.82 Å². The van der Waals surface area contributed by atoms with Gasteiger partial charge < -0.3 is 4.74 Å². The highest BCUT2D eigenvalue weighted by Gasteiger charge is 2.17. The number of rotatable bonds is 8. The topological polar surface area (TPSA) is 89.5 Å². The van der Waals surface area contributed by atoms with Crippen LogP contribution in [0, 0.1) is 26.6 Å². The molecule has 0 aromatic heterocycles. The molecule has 0 unspecified atom stereocenters. The minimum absolute atomic E-state index is 0.0583. The zero-order chi connectivity index (χ0) is 25.0. The number of Topliss-reactive ketones (excluding diaryl/α,β-unsaturated/α-hetero) is 1. The molecule has 0 fully saturated rings. The Kier molecular flexibility index (Phi) is 7.86. The van der Waals surface area contributed by atoms with Crippen molar-refractivity contribution in [2.45, 2.75) is 32.2 Å². The second-order valence-corrected chi connectivity index (χ2v) is 10.0. The van der Waals surface area contributed by atoms with Crippen LogP contribution in [0.2, 0.25) is 5.02 Å². The number of hydrogen-bond donors (Lipinski definition) is 1. The number of carbonyl (C=O) groups excluding carboxylic acids is 2. The lowest BCUT2D eigenvalue weighted by molar-refractivity contribution is 0.0474. The van der Waals surface area contributed by atoms with Gasteiger partial charge in [-0.2, -0.15) is 0 Å². The number of hydrogen-bond acceptors (Lipinski definition) is 5. The van der Waals surface area contributed by atoms with Crippen LogP contribution in [0.25, 0.3) is 0 Å². The standard InChI is InChI=1S/C25H23ClFNO5S/c1-15-10-17(3)21(11-16(15)2)24(29)14-33-25(30)19-6-4-18(5-7-19)13-28-34(31,32)20-8-9-23(27)22(26)12-20/h4-12,28H,13-14H2,1-3H3. The van der Waals surface area contributed by atoms with E-state index in [-0.39, 0.29) is 34.4 Å². The Labute approximate surface area is 202 Å². The van der Waals surface area contributed by atoms with Crippen molar-refractivity contribution in [2.24, 2.45) is 0 Å². The van der Waals surface area contributed by atoms with Gasteiger partial charge in [0, 0.05) is 12.1 Å². The monoisotopic (exact) mass is 503 g/mol. The first-order valence-electron chi connectivity index (χ1n) is 10.3. The van der Waals surface area contributed by atoms with Crippen molar-refractivity contribution in [2.75, 3.05) is 6.61 Å². The Bertz CT molecular complexity index is 1350. The largest absolute Gasteiger partial charge is 0.454 e. The van der Waals surface area contributed by atoms with Crippen molar-refractivity contribution >= 4 is 33.4 Å². The molecule has 3 aromatic carbocycles. The van der Waals surface area contributed by atoms with Crippen LogP contribution >= 0.6 is 11.6 Å².